The van der Waals surface area contributed by atoms with Gasteiger partial charge in [0, 0.05) is 18.3 Å². The fourth-order valence-corrected chi connectivity index (χ4v) is 3.84. The summed E-state index contributed by atoms with van der Waals surface area (Å²) in [6.07, 6.45) is 1.60. The molecule has 1 atom stereocenters. The van der Waals surface area contributed by atoms with E-state index in [1.54, 1.807) is 6.92 Å². The molecule has 0 aliphatic heterocycles. The largest absolute Gasteiger partial charge is 0.301 e. The summed E-state index contributed by atoms with van der Waals surface area (Å²) >= 11 is 4.11. The Labute approximate surface area is 124 Å². The van der Waals surface area contributed by atoms with Gasteiger partial charge in [0.15, 0.2) is 0 Å². The van der Waals surface area contributed by atoms with Crippen molar-refractivity contribution in [2.45, 2.75) is 37.1 Å². The number of alkyl halides is 1. The van der Waals surface area contributed by atoms with Crippen molar-refractivity contribution in [3.05, 3.63) is 0 Å². The lowest BCUT2D eigenvalue weighted by Crippen LogP contribution is -2.32. The first-order valence-corrected chi connectivity index (χ1v) is 8.96. The van der Waals surface area contributed by atoms with E-state index in [0.717, 1.165) is 29.5 Å². The molecule has 1 amide bonds. The Morgan fingerprint density at radius 2 is 2.16 bits per heavy atom. The van der Waals surface area contributed by atoms with Gasteiger partial charge in [0.1, 0.15) is 0 Å². The van der Waals surface area contributed by atoms with Crippen LogP contribution < -0.4 is 10.0 Å². The van der Waals surface area contributed by atoms with Gasteiger partial charge in [-0.05, 0) is 19.8 Å². The summed E-state index contributed by atoms with van der Waals surface area (Å²) in [5.74, 6) is -0.321. The molecule has 108 valence electrons. The van der Waals surface area contributed by atoms with Crippen LogP contribution in [0.25, 0.3) is 0 Å². The predicted molar refractivity (Wildman–Crippen MR) is 77.0 cm³/mol. The fourth-order valence-electron chi connectivity index (χ4n) is 1.28. The summed E-state index contributed by atoms with van der Waals surface area (Å²) < 4.78 is 26.3. The maximum atomic E-state index is 12.0. The number of aromatic nitrogens is 2. The molecule has 0 spiro atoms. The van der Waals surface area contributed by atoms with Crippen molar-refractivity contribution in [1.82, 2.24) is 14.9 Å². The van der Waals surface area contributed by atoms with Crippen molar-refractivity contribution < 1.29 is 13.2 Å². The molecule has 7 nitrogen and oxygen atoms in total. The van der Waals surface area contributed by atoms with Crippen molar-refractivity contribution in [2.75, 3.05) is 10.6 Å². The van der Waals surface area contributed by atoms with E-state index in [1.807, 2.05) is 0 Å². The second-order valence-electron chi connectivity index (χ2n) is 3.91. The number of nitrogens with zero attached hydrogens (tertiary/aromatic N) is 2. The average molecular weight is 371 g/mol. The molecule has 0 fully saturated rings. The Hall–Kier alpha value is -0.580. The highest BCUT2D eigenvalue weighted by Gasteiger charge is 2.22. The molecule has 2 N–H and O–H groups in total. The van der Waals surface area contributed by atoms with Crippen LogP contribution in [0.1, 0.15) is 26.7 Å². The Kier molecular flexibility index (Phi) is 6.30. The maximum Gasteiger partial charge on any atom is 0.270 e. The third kappa shape index (κ3) is 5.51. The Balaban J connectivity index is 2.71. The van der Waals surface area contributed by atoms with Gasteiger partial charge in [-0.25, -0.2) is 13.1 Å². The van der Waals surface area contributed by atoms with Gasteiger partial charge in [0.05, 0.1) is 0 Å². The zero-order valence-corrected chi connectivity index (χ0v) is 13.7. The third-order valence-corrected chi connectivity index (χ3v) is 5.40. The molecular formula is C9H15BrN4O3S2. The van der Waals surface area contributed by atoms with Crippen LogP contribution >= 0.6 is 27.3 Å². The van der Waals surface area contributed by atoms with Gasteiger partial charge in [-0.15, -0.1) is 10.2 Å². The van der Waals surface area contributed by atoms with Gasteiger partial charge in [0.25, 0.3) is 10.0 Å². The predicted octanol–water partition coefficient (Wildman–Crippen LogP) is 1.34. The first-order chi connectivity index (χ1) is 8.85. The van der Waals surface area contributed by atoms with Crippen LogP contribution in [0.5, 0.6) is 0 Å². The van der Waals surface area contributed by atoms with E-state index < -0.39 is 10.0 Å². The van der Waals surface area contributed by atoms with Crippen LogP contribution in [-0.2, 0) is 14.8 Å². The van der Waals surface area contributed by atoms with Gasteiger partial charge >= 0.3 is 0 Å². The minimum atomic E-state index is -3.68. The molecular weight excluding hydrogens is 356 g/mol. The Morgan fingerprint density at radius 1 is 1.47 bits per heavy atom. The quantitative estimate of drug-likeness (QED) is 0.556. The van der Waals surface area contributed by atoms with Crippen LogP contribution in [0.4, 0.5) is 5.13 Å². The monoisotopic (exact) mass is 370 g/mol. The summed E-state index contributed by atoms with van der Waals surface area (Å²) in [5.41, 5.74) is 0. The number of halogens is 1. The van der Waals surface area contributed by atoms with Crippen molar-refractivity contribution in [2.24, 2.45) is 0 Å². The molecule has 1 aromatic rings. The second kappa shape index (κ2) is 7.27. The van der Waals surface area contributed by atoms with Crippen LogP contribution in [0.15, 0.2) is 4.34 Å². The third-order valence-electron chi connectivity index (χ3n) is 2.05. The van der Waals surface area contributed by atoms with Crippen molar-refractivity contribution in [3.8, 4) is 0 Å². The second-order valence-corrected chi connectivity index (χ2v) is 7.57. The number of sulfonamides is 1. The number of anilines is 1. The van der Waals surface area contributed by atoms with Crippen molar-refractivity contribution in [3.63, 3.8) is 0 Å². The highest BCUT2D eigenvalue weighted by Crippen LogP contribution is 2.20. The maximum absolute atomic E-state index is 12.0. The fraction of sp³-hybridized carbons (Fsp3) is 0.667. The minimum absolute atomic E-state index is 0.151. The van der Waals surface area contributed by atoms with Gasteiger partial charge in [-0.1, -0.05) is 27.3 Å². The van der Waals surface area contributed by atoms with Crippen LogP contribution in [-0.4, -0.2) is 35.9 Å². The molecule has 19 heavy (non-hydrogen) atoms. The number of hydrogen-bond donors (Lipinski definition) is 2. The van der Waals surface area contributed by atoms with Crippen molar-refractivity contribution in [1.29, 1.82) is 0 Å². The molecule has 0 bridgehead atoms. The smallest absolute Gasteiger partial charge is 0.270 e. The molecule has 0 aliphatic carbocycles. The number of carbonyl (C=O) groups excluding carboxylic acids is 1. The highest BCUT2D eigenvalue weighted by molar-refractivity contribution is 9.09. The topological polar surface area (TPSA) is 101 Å². The zero-order valence-electron chi connectivity index (χ0n) is 10.5. The molecule has 0 saturated carbocycles. The molecule has 0 aromatic carbocycles. The van der Waals surface area contributed by atoms with Gasteiger partial charge in [-0.3, -0.25) is 4.79 Å². The summed E-state index contributed by atoms with van der Waals surface area (Å²) in [6.45, 7) is 3.10. The van der Waals surface area contributed by atoms with Gasteiger partial charge in [-0.2, -0.15) is 0 Å². The van der Waals surface area contributed by atoms with E-state index in [0.29, 0.717) is 0 Å². The molecule has 0 radical (unpaired) electrons. The lowest BCUT2D eigenvalue weighted by Gasteiger charge is -2.11. The molecule has 0 saturated heterocycles. The highest BCUT2D eigenvalue weighted by atomic mass is 79.9. The summed E-state index contributed by atoms with van der Waals surface area (Å²) in [4.78, 5) is 10.8. The first-order valence-electron chi connectivity index (χ1n) is 5.54. The van der Waals surface area contributed by atoms with Gasteiger partial charge < -0.3 is 5.32 Å². The average Bonchev–Trinajstić information content (AvgIpc) is 2.74. The van der Waals surface area contributed by atoms with Crippen LogP contribution in [0, 0.1) is 0 Å². The molecule has 10 heteroatoms. The molecule has 1 heterocycles. The van der Waals surface area contributed by atoms with E-state index in [1.165, 1.54) is 6.92 Å². The van der Waals surface area contributed by atoms with Crippen molar-refractivity contribution >= 4 is 48.3 Å². The van der Waals surface area contributed by atoms with Crippen LogP contribution in [0.2, 0.25) is 0 Å². The number of carbonyl (C=O) groups is 1. The summed E-state index contributed by atoms with van der Waals surface area (Å²) in [6, 6.07) is -0.185. The molecule has 0 aliphatic rings. The van der Waals surface area contributed by atoms with E-state index in [-0.39, 0.29) is 21.4 Å². The molecule has 1 aromatic heterocycles. The van der Waals surface area contributed by atoms with Gasteiger partial charge in [0.2, 0.25) is 15.4 Å². The lowest BCUT2D eigenvalue weighted by molar-refractivity contribution is -0.114. The number of hydrogen-bond acceptors (Lipinski definition) is 6. The molecule has 1 rings (SSSR count). The number of amides is 1. The summed E-state index contributed by atoms with van der Waals surface area (Å²) in [5, 5.41) is 10.6. The number of nitrogens with one attached hydrogen (secondary N) is 2. The Bertz CT molecular complexity index is 531. The van der Waals surface area contributed by atoms with E-state index in [9.17, 15) is 13.2 Å². The van der Waals surface area contributed by atoms with Crippen LogP contribution in [0.3, 0.4) is 0 Å². The summed E-state index contributed by atoms with van der Waals surface area (Å²) in [7, 11) is -3.68. The van der Waals surface area contributed by atoms with E-state index >= 15 is 0 Å². The lowest BCUT2D eigenvalue weighted by atomic mass is 10.2. The Morgan fingerprint density at radius 3 is 2.74 bits per heavy atom. The normalized spacial score (nSPS) is 13.2. The molecule has 1 unspecified atom stereocenters. The zero-order chi connectivity index (χ0) is 14.5. The standard InChI is InChI=1S/C9H15BrN4O3S2/c1-6(4-3-5-10)14-19(16,17)9-13-12-8(18-9)11-7(2)15/h6,14H,3-5H2,1-2H3,(H,11,12,15). The van der Waals surface area contributed by atoms with E-state index in [4.69, 9.17) is 0 Å². The SMILES string of the molecule is CC(=O)Nc1nnc(S(=O)(=O)NC(C)CCCBr)s1. The number of rotatable bonds is 7. The minimum Gasteiger partial charge on any atom is -0.301 e. The first kappa shape index (κ1) is 16.5. The van der Waals surface area contributed by atoms with E-state index in [2.05, 4.69) is 36.2 Å².